The van der Waals surface area contributed by atoms with Gasteiger partial charge in [-0.05, 0) is 36.8 Å². The van der Waals surface area contributed by atoms with E-state index in [9.17, 15) is 23.3 Å². The summed E-state index contributed by atoms with van der Waals surface area (Å²) in [5.41, 5.74) is 1.21. The topological polar surface area (TPSA) is 55.2 Å². The molecule has 4 nitrogen and oxygen atoms in total. The number of halogens is 3. The van der Waals surface area contributed by atoms with Crippen molar-refractivity contribution in [2.45, 2.75) is 19.6 Å². The van der Waals surface area contributed by atoms with Gasteiger partial charge >= 0.3 is 6.18 Å². The van der Waals surface area contributed by atoms with Crippen LogP contribution < -0.4 is 5.32 Å². The molecule has 1 N–H and O–H groups in total. The quantitative estimate of drug-likeness (QED) is 0.666. The molecule has 0 saturated heterocycles. The molecule has 0 saturated carbocycles. The molecule has 2 aromatic rings. The molecule has 0 aromatic heterocycles. The summed E-state index contributed by atoms with van der Waals surface area (Å²) in [6, 6.07) is 9.43. The van der Waals surface area contributed by atoms with Crippen LogP contribution >= 0.6 is 0 Å². The molecule has 22 heavy (non-hydrogen) atoms. The Morgan fingerprint density at radius 1 is 1.14 bits per heavy atom. The number of hydrogen-bond donors (Lipinski definition) is 1. The van der Waals surface area contributed by atoms with E-state index in [-0.39, 0.29) is 5.69 Å². The number of rotatable bonds is 4. The van der Waals surface area contributed by atoms with E-state index in [0.717, 1.165) is 12.1 Å². The molecule has 0 aliphatic carbocycles. The van der Waals surface area contributed by atoms with Crippen molar-refractivity contribution < 1.29 is 18.1 Å². The van der Waals surface area contributed by atoms with Crippen LogP contribution in [0.25, 0.3) is 0 Å². The van der Waals surface area contributed by atoms with Crippen LogP contribution in [0.3, 0.4) is 0 Å². The maximum Gasteiger partial charge on any atom is 0.416 e. The summed E-state index contributed by atoms with van der Waals surface area (Å²) >= 11 is 0. The van der Waals surface area contributed by atoms with Gasteiger partial charge < -0.3 is 5.32 Å². The molecular weight excluding hydrogens is 297 g/mol. The lowest BCUT2D eigenvalue weighted by atomic mass is 10.1. The first-order valence-electron chi connectivity index (χ1n) is 6.42. The normalized spacial score (nSPS) is 11.3. The zero-order chi connectivity index (χ0) is 16.3. The Bertz CT molecular complexity index is 682. The summed E-state index contributed by atoms with van der Waals surface area (Å²) in [4.78, 5) is 10.3. The second-order valence-corrected chi connectivity index (χ2v) is 4.81. The number of hydrogen-bond acceptors (Lipinski definition) is 3. The highest BCUT2D eigenvalue weighted by molar-refractivity contribution is 5.53. The summed E-state index contributed by atoms with van der Waals surface area (Å²) in [5, 5.41) is 13.7. The molecule has 0 spiro atoms. The summed E-state index contributed by atoms with van der Waals surface area (Å²) in [7, 11) is 0. The maximum absolute atomic E-state index is 12.4. The van der Waals surface area contributed by atoms with E-state index in [4.69, 9.17) is 0 Å². The Morgan fingerprint density at radius 2 is 1.77 bits per heavy atom. The van der Waals surface area contributed by atoms with Gasteiger partial charge in [0.05, 0.1) is 10.5 Å². The van der Waals surface area contributed by atoms with Gasteiger partial charge in [-0.15, -0.1) is 0 Å². The molecule has 0 unspecified atom stereocenters. The summed E-state index contributed by atoms with van der Waals surface area (Å²) in [5.74, 6) is 0. The Balaban J connectivity index is 2.04. The monoisotopic (exact) mass is 310 g/mol. The molecule has 0 amide bonds. The largest absolute Gasteiger partial charge is 0.416 e. The Hall–Kier alpha value is -2.57. The Morgan fingerprint density at radius 3 is 2.27 bits per heavy atom. The third kappa shape index (κ3) is 3.75. The lowest BCUT2D eigenvalue weighted by Crippen LogP contribution is -2.05. The highest BCUT2D eigenvalue weighted by Crippen LogP contribution is 2.29. The van der Waals surface area contributed by atoms with Gasteiger partial charge in [0, 0.05) is 23.9 Å². The molecule has 2 aromatic carbocycles. The van der Waals surface area contributed by atoms with Crippen molar-refractivity contribution in [2.24, 2.45) is 0 Å². The molecule has 116 valence electrons. The highest BCUT2D eigenvalue weighted by Gasteiger charge is 2.29. The van der Waals surface area contributed by atoms with Crippen molar-refractivity contribution in [3.05, 3.63) is 69.3 Å². The summed E-state index contributed by atoms with van der Waals surface area (Å²) < 4.78 is 37.3. The lowest BCUT2D eigenvalue weighted by Gasteiger charge is -2.10. The van der Waals surface area contributed by atoms with E-state index in [0.29, 0.717) is 23.4 Å². The SMILES string of the molecule is Cc1cc(NCc2ccc(C(F)(F)F)cc2)ccc1[N+](=O)[O-]. The highest BCUT2D eigenvalue weighted by atomic mass is 19.4. The maximum atomic E-state index is 12.4. The van der Waals surface area contributed by atoms with Gasteiger partial charge in [-0.3, -0.25) is 10.1 Å². The first-order valence-corrected chi connectivity index (χ1v) is 6.42. The number of aryl methyl sites for hydroxylation is 1. The van der Waals surface area contributed by atoms with Crippen LogP contribution in [0.2, 0.25) is 0 Å². The summed E-state index contributed by atoms with van der Waals surface area (Å²) in [6.07, 6.45) is -4.35. The number of nitrogens with one attached hydrogen (secondary N) is 1. The van der Waals surface area contributed by atoms with Gasteiger partial charge in [0.1, 0.15) is 0 Å². The molecule has 0 bridgehead atoms. The van der Waals surface area contributed by atoms with Crippen LogP contribution in [0.5, 0.6) is 0 Å². The van der Waals surface area contributed by atoms with E-state index in [1.54, 1.807) is 19.1 Å². The predicted octanol–water partition coefficient (Wildman–Crippen LogP) is 4.53. The molecule has 0 radical (unpaired) electrons. The number of benzene rings is 2. The fourth-order valence-electron chi connectivity index (χ4n) is 1.99. The van der Waals surface area contributed by atoms with E-state index in [2.05, 4.69) is 5.32 Å². The second kappa shape index (κ2) is 6.05. The van der Waals surface area contributed by atoms with Gasteiger partial charge in [-0.1, -0.05) is 12.1 Å². The van der Waals surface area contributed by atoms with Crippen LogP contribution in [0.15, 0.2) is 42.5 Å². The zero-order valence-electron chi connectivity index (χ0n) is 11.6. The van der Waals surface area contributed by atoms with E-state index in [1.165, 1.54) is 18.2 Å². The zero-order valence-corrected chi connectivity index (χ0v) is 11.6. The Kier molecular flexibility index (Phi) is 4.35. The van der Waals surface area contributed by atoms with Gasteiger partial charge in [-0.2, -0.15) is 13.2 Å². The van der Waals surface area contributed by atoms with Crippen LogP contribution in [0.1, 0.15) is 16.7 Å². The summed E-state index contributed by atoms with van der Waals surface area (Å²) in [6.45, 7) is 1.96. The number of alkyl halides is 3. The van der Waals surface area contributed by atoms with Gasteiger partial charge in [0.25, 0.3) is 5.69 Å². The van der Waals surface area contributed by atoms with Crippen molar-refractivity contribution in [1.29, 1.82) is 0 Å². The lowest BCUT2D eigenvalue weighted by molar-refractivity contribution is -0.385. The van der Waals surface area contributed by atoms with Crippen molar-refractivity contribution in [2.75, 3.05) is 5.32 Å². The molecule has 0 atom stereocenters. The second-order valence-electron chi connectivity index (χ2n) is 4.81. The molecule has 0 aliphatic rings. The van der Waals surface area contributed by atoms with Crippen molar-refractivity contribution in [3.8, 4) is 0 Å². The number of anilines is 1. The van der Waals surface area contributed by atoms with E-state index < -0.39 is 16.7 Å². The number of nitrogens with zero attached hydrogens (tertiary/aromatic N) is 1. The van der Waals surface area contributed by atoms with Gasteiger partial charge in [0.2, 0.25) is 0 Å². The predicted molar refractivity (Wildman–Crippen MR) is 76.6 cm³/mol. The fraction of sp³-hybridized carbons (Fsp3) is 0.200. The van der Waals surface area contributed by atoms with E-state index in [1.807, 2.05) is 0 Å². The van der Waals surface area contributed by atoms with Crippen LogP contribution in [0.4, 0.5) is 24.5 Å². The minimum atomic E-state index is -4.35. The standard InChI is InChI=1S/C15H13F3N2O2/c1-10-8-13(6-7-14(10)20(21)22)19-9-11-2-4-12(5-3-11)15(16,17)18/h2-8,19H,9H2,1H3. The van der Waals surface area contributed by atoms with Crippen LogP contribution in [0, 0.1) is 17.0 Å². The van der Waals surface area contributed by atoms with Gasteiger partial charge in [0.15, 0.2) is 0 Å². The minimum Gasteiger partial charge on any atom is -0.381 e. The average Bonchev–Trinajstić information content (AvgIpc) is 2.44. The van der Waals surface area contributed by atoms with Crippen LogP contribution in [-0.4, -0.2) is 4.92 Å². The van der Waals surface area contributed by atoms with Crippen LogP contribution in [-0.2, 0) is 12.7 Å². The van der Waals surface area contributed by atoms with E-state index >= 15 is 0 Å². The first kappa shape index (κ1) is 15.8. The van der Waals surface area contributed by atoms with Crippen molar-refractivity contribution >= 4 is 11.4 Å². The Labute approximate surface area is 124 Å². The smallest absolute Gasteiger partial charge is 0.381 e. The van der Waals surface area contributed by atoms with Crippen molar-refractivity contribution in [1.82, 2.24) is 0 Å². The fourth-order valence-corrected chi connectivity index (χ4v) is 1.99. The van der Waals surface area contributed by atoms with Crippen molar-refractivity contribution in [3.63, 3.8) is 0 Å². The molecule has 0 fully saturated rings. The molecule has 0 aliphatic heterocycles. The minimum absolute atomic E-state index is 0.0279. The molecular formula is C15H13F3N2O2. The number of nitro groups is 1. The number of nitro benzene ring substituents is 1. The first-order chi connectivity index (χ1) is 10.3. The third-order valence-electron chi connectivity index (χ3n) is 3.17. The molecule has 7 heteroatoms. The molecule has 2 rings (SSSR count). The third-order valence-corrected chi connectivity index (χ3v) is 3.17. The van der Waals surface area contributed by atoms with Gasteiger partial charge in [-0.25, -0.2) is 0 Å². The average molecular weight is 310 g/mol. The molecule has 0 heterocycles.